The summed E-state index contributed by atoms with van der Waals surface area (Å²) < 4.78 is 5.08. The van der Waals surface area contributed by atoms with Gasteiger partial charge in [-0.25, -0.2) is 4.98 Å². The summed E-state index contributed by atoms with van der Waals surface area (Å²) in [5, 5.41) is 8.93. The Bertz CT molecular complexity index is 1480. The van der Waals surface area contributed by atoms with Crippen LogP contribution in [0.3, 0.4) is 0 Å². The van der Waals surface area contributed by atoms with E-state index in [0.717, 1.165) is 30.4 Å². The van der Waals surface area contributed by atoms with E-state index in [-0.39, 0.29) is 28.6 Å². The number of rotatable bonds is 7. The molecule has 8 nitrogen and oxygen atoms in total. The molecule has 1 aliphatic carbocycles. The van der Waals surface area contributed by atoms with Gasteiger partial charge in [0.15, 0.2) is 5.76 Å². The van der Waals surface area contributed by atoms with Gasteiger partial charge >= 0.3 is 0 Å². The van der Waals surface area contributed by atoms with Crippen molar-refractivity contribution in [3.63, 3.8) is 0 Å². The first kappa shape index (κ1) is 25.2. The van der Waals surface area contributed by atoms with Crippen molar-refractivity contribution in [2.75, 3.05) is 10.6 Å². The predicted octanol–water partition coefficient (Wildman–Crippen LogP) is 5.95. The summed E-state index contributed by atoms with van der Waals surface area (Å²) in [7, 11) is 0. The Hall–Kier alpha value is -4.43. The lowest BCUT2D eigenvalue weighted by molar-refractivity contribution is 0.0822. The van der Waals surface area contributed by atoms with Gasteiger partial charge in [0.25, 0.3) is 17.7 Å². The molecular formula is C29H25ClN4O4. The molecule has 1 fully saturated rings. The molecule has 9 heteroatoms. The van der Waals surface area contributed by atoms with Crippen molar-refractivity contribution < 1.29 is 18.8 Å². The number of nitrogens with one attached hydrogen (secondary N) is 3. The number of aromatic nitrogens is 1. The Morgan fingerprint density at radius 2 is 1.55 bits per heavy atom. The van der Waals surface area contributed by atoms with Crippen LogP contribution in [0.1, 0.15) is 61.7 Å². The molecule has 3 amide bonds. The predicted molar refractivity (Wildman–Crippen MR) is 144 cm³/mol. The maximum Gasteiger partial charge on any atom is 0.291 e. The Labute approximate surface area is 224 Å². The number of hydrogen-bond donors (Lipinski definition) is 3. The van der Waals surface area contributed by atoms with Crippen molar-refractivity contribution in [3.05, 3.63) is 112 Å². The van der Waals surface area contributed by atoms with Gasteiger partial charge in [-0.2, -0.15) is 0 Å². The normalized spacial score (nSPS) is 13.7. The summed E-state index contributed by atoms with van der Waals surface area (Å²) in [5.41, 5.74) is 3.30. The maximum absolute atomic E-state index is 13.0. The molecule has 1 saturated carbocycles. The van der Waals surface area contributed by atoms with Crippen LogP contribution in [0.25, 0.3) is 0 Å². The number of carbonyl (C=O) groups excluding carboxylic acids is 3. The fourth-order valence-electron chi connectivity index (χ4n) is 4.39. The molecule has 0 radical (unpaired) electrons. The van der Waals surface area contributed by atoms with Crippen molar-refractivity contribution in [1.29, 1.82) is 0 Å². The van der Waals surface area contributed by atoms with Crippen LogP contribution in [0, 0.1) is 6.92 Å². The fourth-order valence-corrected chi connectivity index (χ4v) is 4.58. The molecule has 0 bridgehead atoms. The van der Waals surface area contributed by atoms with Crippen LogP contribution in [0.2, 0.25) is 5.15 Å². The zero-order chi connectivity index (χ0) is 26.7. The van der Waals surface area contributed by atoms with E-state index in [1.54, 1.807) is 48.7 Å². The summed E-state index contributed by atoms with van der Waals surface area (Å²) in [6.07, 6.45) is 5.67. The lowest BCUT2D eigenvalue weighted by atomic mass is 9.71. The molecule has 3 N–H and O–H groups in total. The zero-order valence-electron chi connectivity index (χ0n) is 20.6. The average molecular weight is 529 g/mol. The summed E-state index contributed by atoms with van der Waals surface area (Å²) in [6, 6.07) is 19.0. The Morgan fingerprint density at radius 1 is 0.895 bits per heavy atom. The van der Waals surface area contributed by atoms with Crippen LogP contribution in [0.4, 0.5) is 11.4 Å². The average Bonchev–Trinajstić information content (AvgIpc) is 3.44. The number of halogens is 1. The first-order valence-corrected chi connectivity index (χ1v) is 12.5. The quantitative estimate of drug-likeness (QED) is 0.256. The van der Waals surface area contributed by atoms with Crippen LogP contribution >= 0.6 is 11.6 Å². The minimum atomic E-state index is -0.484. The molecule has 0 aliphatic heterocycles. The molecular weight excluding hydrogens is 504 g/mol. The molecule has 38 heavy (non-hydrogen) atoms. The van der Waals surface area contributed by atoms with Gasteiger partial charge in [0.1, 0.15) is 5.15 Å². The third-order valence-corrected chi connectivity index (χ3v) is 6.93. The number of furan rings is 1. The van der Waals surface area contributed by atoms with Gasteiger partial charge in [-0.05, 0) is 91.9 Å². The number of benzene rings is 2. The van der Waals surface area contributed by atoms with Crippen molar-refractivity contribution in [2.45, 2.75) is 31.7 Å². The smallest absolute Gasteiger partial charge is 0.291 e. The third-order valence-electron chi connectivity index (χ3n) is 6.63. The summed E-state index contributed by atoms with van der Waals surface area (Å²) in [4.78, 5) is 41.9. The fraction of sp³-hybridized carbons (Fsp3) is 0.172. The highest BCUT2D eigenvalue weighted by atomic mass is 35.5. The lowest BCUT2D eigenvalue weighted by Crippen LogP contribution is -2.50. The lowest BCUT2D eigenvalue weighted by Gasteiger charge is -2.43. The van der Waals surface area contributed by atoms with E-state index in [1.807, 2.05) is 31.2 Å². The van der Waals surface area contributed by atoms with Gasteiger partial charge in [0.05, 0.1) is 17.4 Å². The number of nitrogens with zero attached hydrogens (tertiary/aromatic N) is 1. The molecule has 192 valence electrons. The third kappa shape index (κ3) is 5.31. The zero-order valence-corrected chi connectivity index (χ0v) is 21.3. The van der Waals surface area contributed by atoms with Crippen molar-refractivity contribution in [2.24, 2.45) is 0 Å². The summed E-state index contributed by atoms with van der Waals surface area (Å²) in [6.45, 7) is 1.86. The van der Waals surface area contributed by atoms with Crippen molar-refractivity contribution in [3.8, 4) is 0 Å². The Balaban J connectivity index is 1.22. The van der Waals surface area contributed by atoms with E-state index < -0.39 is 5.54 Å². The number of amides is 3. The standard InChI is InChI=1S/C29H25ClN4O4/c1-18-16-23(25(30)31-17-18)27(36)34-29(13-3-14-29)20-7-11-22(12-8-20)32-26(35)19-5-9-21(10-6-19)33-28(37)24-4-2-15-38-24/h2,4-12,15-17H,3,13-14H2,1H3,(H,32,35)(H,33,37)(H,34,36). The molecule has 4 aromatic rings. The Morgan fingerprint density at radius 3 is 2.16 bits per heavy atom. The van der Waals surface area contributed by atoms with E-state index >= 15 is 0 Å². The number of carbonyl (C=O) groups is 3. The molecule has 2 aromatic heterocycles. The highest BCUT2D eigenvalue weighted by Crippen LogP contribution is 2.42. The number of pyridine rings is 1. The van der Waals surface area contributed by atoms with E-state index in [0.29, 0.717) is 22.5 Å². The van der Waals surface area contributed by atoms with Gasteiger partial charge in [-0.15, -0.1) is 0 Å². The summed E-state index contributed by atoms with van der Waals surface area (Å²) in [5.74, 6) is -0.706. The molecule has 2 heterocycles. The van der Waals surface area contributed by atoms with Gasteiger partial charge in [-0.3, -0.25) is 14.4 Å². The molecule has 5 rings (SSSR count). The number of hydrogen-bond acceptors (Lipinski definition) is 5. The molecule has 1 aliphatic rings. The minimum absolute atomic E-state index is 0.175. The van der Waals surface area contributed by atoms with E-state index in [9.17, 15) is 14.4 Å². The van der Waals surface area contributed by atoms with Crippen molar-refractivity contribution in [1.82, 2.24) is 10.3 Å². The van der Waals surface area contributed by atoms with E-state index in [4.69, 9.17) is 16.0 Å². The molecule has 0 unspecified atom stereocenters. The summed E-state index contributed by atoms with van der Waals surface area (Å²) >= 11 is 6.16. The second kappa shape index (κ2) is 10.5. The van der Waals surface area contributed by atoms with Crippen molar-refractivity contribution >= 4 is 40.7 Å². The van der Waals surface area contributed by atoms with E-state index in [1.165, 1.54) is 6.26 Å². The van der Waals surface area contributed by atoms with Gasteiger partial charge in [0.2, 0.25) is 0 Å². The highest BCUT2D eigenvalue weighted by molar-refractivity contribution is 6.32. The minimum Gasteiger partial charge on any atom is -0.459 e. The SMILES string of the molecule is Cc1cnc(Cl)c(C(=O)NC2(c3ccc(NC(=O)c4ccc(NC(=O)c5ccco5)cc4)cc3)CCC2)c1. The van der Waals surface area contributed by atoms with Crippen LogP contribution < -0.4 is 16.0 Å². The molecule has 0 saturated heterocycles. The van der Waals surface area contributed by atoms with Gasteiger partial charge in [-0.1, -0.05) is 23.7 Å². The number of aryl methyl sites for hydroxylation is 1. The second-order valence-corrected chi connectivity index (χ2v) is 9.64. The second-order valence-electron chi connectivity index (χ2n) is 9.28. The first-order chi connectivity index (χ1) is 18.3. The first-order valence-electron chi connectivity index (χ1n) is 12.1. The Kier molecular flexibility index (Phi) is 6.98. The van der Waals surface area contributed by atoms with Crippen LogP contribution in [0.15, 0.2) is 83.6 Å². The van der Waals surface area contributed by atoms with Crippen LogP contribution in [-0.2, 0) is 5.54 Å². The maximum atomic E-state index is 13.0. The molecule has 2 aromatic carbocycles. The number of anilines is 2. The largest absolute Gasteiger partial charge is 0.459 e. The topological polar surface area (TPSA) is 113 Å². The monoisotopic (exact) mass is 528 g/mol. The van der Waals surface area contributed by atoms with Gasteiger partial charge < -0.3 is 20.4 Å². The highest BCUT2D eigenvalue weighted by Gasteiger charge is 2.40. The van der Waals surface area contributed by atoms with E-state index in [2.05, 4.69) is 20.9 Å². The van der Waals surface area contributed by atoms with Gasteiger partial charge in [0, 0.05) is 23.1 Å². The van der Waals surface area contributed by atoms with Crippen LogP contribution in [-0.4, -0.2) is 22.7 Å². The van der Waals surface area contributed by atoms with Crippen LogP contribution in [0.5, 0.6) is 0 Å². The molecule has 0 spiro atoms. The molecule has 0 atom stereocenters.